The maximum Gasteiger partial charge on any atom is 0.291 e. The second kappa shape index (κ2) is 8.85. The molecule has 6 rings (SSSR count). The molecule has 1 aliphatic rings. The van der Waals surface area contributed by atoms with Crippen molar-refractivity contribution in [1.29, 1.82) is 0 Å². The van der Waals surface area contributed by atoms with Gasteiger partial charge in [0, 0.05) is 0 Å². The van der Waals surface area contributed by atoms with E-state index in [1.54, 1.807) is 24.3 Å². The van der Waals surface area contributed by atoms with Crippen molar-refractivity contribution in [3.8, 4) is 5.75 Å². The maximum atomic E-state index is 13.9. The second-order valence-corrected chi connectivity index (χ2v) is 8.57. The van der Waals surface area contributed by atoms with Gasteiger partial charge in [-0.1, -0.05) is 42.5 Å². The average molecular weight is 481 g/mol. The summed E-state index contributed by atoms with van der Waals surface area (Å²) in [6.07, 6.45) is 1.53. The van der Waals surface area contributed by atoms with Crippen molar-refractivity contribution in [2.75, 3.05) is 0 Å². The van der Waals surface area contributed by atoms with Gasteiger partial charge in [0.1, 0.15) is 29.5 Å². The minimum atomic E-state index is -0.732. The highest BCUT2D eigenvalue weighted by Gasteiger charge is 2.43. The molecular formula is C29H20FNO5. The first-order valence-corrected chi connectivity index (χ1v) is 11.4. The highest BCUT2D eigenvalue weighted by atomic mass is 19.1. The lowest BCUT2D eigenvalue weighted by atomic mass is 9.98. The molecule has 7 heteroatoms. The number of carbonyl (C=O) groups is 1. The molecule has 36 heavy (non-hydrogen) atoms. The van der Waals surface area contributed by atoms with Crippen molar-refractivity contribution in [3.63, 3.8) is 0 Å². The number of ether oxygens (including phenoxy) is 1. The number of hydrogen-bond acceptors (Lipinski definition) is 5. The lowest BCUT2D eigenvalue weighted by Gasteiger charge is -2.24. The van der Waals surface area contributed by atoms with Crippen LogP contribution in [-0.4, -0.2) is 10.8 Å². The molecule has 0 radical (unpaired) electrons. The summed E-state index contributed by atoms with van der Waals surface area (Å²) in [4.78, 5) is 28.5. The summed E-state index contributed by atoms with van der Waals surface area (Å²) in [5, 5.41) is 0.0919. The molecule has 0 spiro atoms. The predicted octanol–water partition coefficient (Wildman–Crippen LogP) is 5.85. The summed E-state index contributed by atoms with van der Waals surface area (Å²) < 4.78 is 31.2. The van der Waals surface area contributed by atoms with E-state index in [1.165, 1.54) is 23.3 Å². The largest absolute Gasteiger partial charge is 0.489 e. The topological polar surface area (TPSA) is 72.9 Å². The van der Waals surface area contributed by atoms with Crippen molar-refractivity contribution >= 4 is 16.9 Å². The fourth-order valence-electron chi connectivity index (χ4n) is 4.56. The number of halogens is 1. The molecule has 1 amide bonds. The van der Waals surface area contributed by atoms with Crippen LogP contribution in [0.5, 0.6) is 5.75 Å². The molecular weight excluding hydrogens is 461 g/mol. The van der Waals surface area contributed by atoms with E-state index in [1.807, 2.05) is 42.5 Å². The summed E-state index contributed by atoms with van der Waals surface area (Å²) in [7, 11) is 0. The zero-order chi connectivity index (χ0) is 24.6. The molecule has 0 saturated heterocycles. The molecule has 0 bridgehead atoms. The Bertz CT molecular complexity index is 1610. The Hall–Kier alpha value is -4.65. The first-order valence-electron chi connectivity index (χ1n) is 11.4. The molecule has 0 saturated carbocycles. The zero-order valence-corrected chi connectivity index (χ0v) is 19.0. The highest BCUT2D eigenvalue weighted by Crippen LogP contribution is 2.39. The molecule has 1 aliphatic heterocycles. The van der Waals surface area contributed by atoms with Crippen LogP contribution in [0.4, 0.5) is 4.39 Å². The lowest BCUT2D eigenvalue weighted by molar-refractivity contribution is 0.0701. The van der Waals surface area contributed by atoms with Crippen LogP contribution in [0.1, 0.15) is 39.0 Å². The Morgan fingerprint density at radius 3 is 2.47 bits per heavy atom. The van der Waals surface area contributed by atoms with E-state index in [0.29, 0.717) is 23.7 Å². The lowest BCUT2D eigenvalue weighted by Crippen LogP contribution is -2.29. The average Bonchev–Trinajstić information content (AvgIpc) is 3.51. The Balaban J connectivity index is 1.40. The number of nitrogens with zero attached hydrogens (tertiary/aromatic N) is 1. The molecule has 0 fully saturated rings. The zero-order valence-electron chi connectivity index (χ0n) is 19.0. The van der Waals surface area contributed by atoms with Gasteiger partial charge in [-0.3, -0.25) is 9.59 Å². The Kier molecular flexibility index (Phi) is 5.37. The van der Waals surface area contributed by atoms with Gasteiger partial charge in [0.15, 0.2) is 5.43 Å². The molecule has 6 nitrogen and oxygen atoms in total. The molecule has 5 aromatic rings. The van der Waals surface area contributed by atoms with Crippen molar-refractivity contribution in [2.24, 2.45) is 0 Å². The number of rotatable bonds is 6. The number of fused-ring (bicyclic) bond motifs is 2. The summed E-state index contributed by atoms with van der Waals surface area (Å²) in [5.41, 5.74) is 1.65. The van der Waals surface area contributed by atoms with E-state index in [2.05, 4.69) is 0 Å². The predicted molar refractivity (Wildman–Crippen MR) is 130 cm³/mol. The monoisotopic (exact) mass is 481 g/mol. The summed E-state index contributed by atoms with van der Waals surface area (Å²) in [6, 6.07) is 23.5. The van der Waals surface area contributed by atoms with Crippen molar-refractivity contribution in [1.82, 2.24) is 4.90 Å². The van der Waals surface area contributed by atoms with Crippen LogP contribution in [0.25, 0.3) is 11.0 Å². The van der Waals surface area contributed by atoms with E-state index < -0.39 is 23.2 Å². The van der Waals surface area contributed by atoms with Gasteiger partial charge < -0.3 is 18.5 Å². The van der Waals surface area contributed by atoms with E-state index >= 15 is 0 Å². The second-order valence-electron chi connectivity index (χ2n) is 8.57. The van der Waals surface area contributed by atoms with Gasteiger partial charge in [0.05, 0.1) is 29.8 Å². The van der Waals surface area contributed by atoms with Crippen LogP contribution in [0.2, 0.25) is 0 Å². The SMILES string of the molecule is O=C1c2oc3ccc(F)cc3c(=O)c2C(c2ccc(OCc3ccccc3)cc2)N1Cc1ccco1. The normalized spacial score (nSPS) is 14.9. The van der Waals surface area contributed by atoms with Crippen molar-refractivity contribution in [3.05, 3.63) is 135 Å². The molecule has 3 heterocycles. The van der Waals surface area contributed by atoms with Crippen molar-refractivity contribution in [2.45, 2.75) is 19.2 Å². The molecule has 1 atom stereocenters. The molecule has 0 N–H and O–H groups in total. The van der Waals surface area contributed by atoms with Gasteiger partial charge in [-0.15, -0.1) is 0 Å². The molecule has 3 aromatic carbocycles. The fraction of sp³-hybridized carbons (Fsp3) is 0.103. The van der Waals surface area contributed by atoms with Crippen LogP contribution >= 0.6 is 0 Å². The summed E-state index contributed by atoms with van der Waals surface area (Å²) in [6.45, 7) is 0.549. The standard InChI is InChI=1S/C29H20FNO5/c30-20-10-13-24-23(15-20)27(32)25-26(31(29(33)28(25)36-24)16-22-7-4-14-34-22)19-8-11-21(12-9-19)35-17-18-5-2-1-3-6-18/h1-15,26H,16-17H2. The molecule has 0 aliphatic carbocycles. The number of hydrogen-bond donors (Lipinski definition) is 0. The van der Waals surface area contributed by atoms with Crippen LogP contribution in [-0.2, 0) is 13.2 Å². The quantitative estimate of drug-likeness (QED) is 0.304. The number of benzene rings is 3. The molecule has 2 aromatic heterocycles. The Labute approximate surface area is 205 Å². The van der Waals surface area contributed by atoms with Crippen LogP contribution in [0, 0.1) is 5.82 Å². The first-order chi connectivity index (χ1) is 17.6. The first kappa shape index (κ1) is 21.9. The minimum absolute atomic E-state index is 0.0416. The number of carbonyl (C=O) groups excluding carboxylic acids is 1. The van der Waals surface area contributed by atoms with Crippen molar-refractivity contribution < 1.29 is 22.8 Å². The maximum absolute atomic E-state index is 13.9. The third kappa shape index (κ3) is 3.84. The van der Waals surface area contributed by atoms with E-state index in [-0.39, 0.29) is 28.8 Å². The van der Waals surface area contributed by atoms with Crippen LogP contribution in [0.15, 0.2) is 105 Å². The van der Waals surface area contributed by atoms with E-state index in [9.17, 15) is 14.0 Å². The van der Waals surface area contributed by atoms with E-state index in [0.717, 1.165) is 11.6 Å². The van der Waals surface area contributed by atoms with Crippen LogP contribution < -0.4 is 10.2 Å². The van der Waals surface area contributed by atoms with Gasteiger partial charge in [0.25, 0.3) is 5.91 Å². The van der Waals surface area contributed by atoms with Gasteiger partial charge >= 0.3 is 0 Å². The van der Waals surface area contributed by atoms with Gasteiger partial charge in [-0.2, -0.15) is 0 Å². The van der Waals surface area contributed by atoms with Gasteiger partial charge in [-0.05, 0) is 53.6 Å². The fourth-order valence-corrected chi connectivity index (χ4v) is 4.56. The third-order valence-corrected chi connectivity index (χ3v) is 6.28. The smallest absolute Gasteiger partial charge is 0.291 e. The van der Waals surface area contributed by atoms with E-state index in [4.69, 9.17) is 13.6 Å². The molecule has 178 valence electrons. The minimum Gasteiger partial charge on any atom is -0.489 e. The number of amides is 1. The summed E-state index contributed by atoms with van der Waals surface area (Å²) in [5.74, 6) is 0.187. The van der Waals surface area contributed by atoms with Gasteiger partial charge in [-0.25, -0.2) is 4.39 Å². The highest BCUT2D eigenvalue weighted by molar-refractivity contribution is 5.99. The Morgan fingerprint density at radius 2 is 1.72 bits per heavy atom. The van der Waals surface area contributed by atoms with Crippen LogP contribution in [0.3, 0.4) is 0 Å². The Morgan fingerprint density at radius 1 is 0.917 bits per heavy atom. The summed E-state index contributed by atoms with van der Waals surface area (Å²) >= 11 is 0. The number of furan rings is 1. The third-order valence-electron chi connectivity index (χ3n) is 6.28. The van der Waals surface area contributed by atoms with Gasteiger partial charge in [0.2, 0.25) is 5.76 Å². The molecule has 1 unspecified atom stereocenters.